The van der Waals surface area contributed by atoms with Crippen LogP contribution in [0.5, 0.6) is 11.5 Å². The number of benzene rings is 2. The van der Waals surface area contributed by atoms with E-state index >= 15 is 0 Å². The molecule has 0 aromatic heterocycles. The smallest absolute Gasteiger partial charge is 0.122 e. The Labute approximate surface area is 222 Å². The number of rotatable bonds is 13. The summed E-state index contributed by atoms with van der Waals surface area (Å²) in [4.78, 5) is 0. The van der Waals surface area contributed by atoms with Crippen LogP contribution in [0.15, 0.2) is 24.3 Å². The zero-order chi connectivity index (χ0) is 27.2. The van der Waals surface area contributed by atoms with Crippen molar-refractivity contribution in [1.29, 1.82) is 0 Å². The molecule has 0 aliphatic rings. The van der Waals surface area contributed by atoms with Gasteiger partial charge >= 0.3 is 0 Å². The molecule has 0 aliphatic carbocycles. The average molecular weight is 495 g/mol. The summed E-state index contributed by atoms with van der Waals surface area (Å²) >= 11 is 0. The number of phenolic OH excluding ortho intramolecular Hbond substituents is 2. The van der Waals surface area contributed by atoms with Crippen LogP contribution in [-0.4, -0.2) is 10.2 Å². The van der Waals surface area contributed by atoms with Crippen molar-refractivity contribution in [3.8, 4) is 11.5 Å². The third kappa shape index (κ3) is 6.87. The number of phenols is 2. The predicted molar refractivity (Wildman–Crippen MR) is 157 cm³/mol. The summed E-state index contributed by atoms with van der Waals surface area (Å²) in [6.45, 7) is 22.0. The largest absolute Gasteiger partial charge is 0.507 e. The van der Waals surface area contributed by atoms with Crippen molar-refractivity contribution in [2.24, 2.45) is 0 Å². The van der Waals surface area contributed by atoms with Crippen molar-refractivity contribution in [2.75, 3.05) is 0 Å². The van der Waals surface area contributed by atoms with Crippen LogP contribution in [-0.2, 0) is 5.41 Å². The van der Waals surface area contributed by atoms with E-state index in [9.17, 15) is 10.2 Å². The van der Waals surface area contributed by atoms with E-state index in [0.717, 1.165) is 28.7 Å². The molecule has 36 heavy (non-hydrogen) atoms. The Morgan fingerprint density at radius 2 is 0.861 bits per heavy atom. The molecule has 2 aromatic carbocycles. The van der Waals surface area contributed by atoms with Gasteiger partial charge in [-0.05, 0) is 63.5 Å². The molecule has 2 heteroatoms. The molecular weight excluding hydrogens is 440 g/mol. The zero-order valence-electron chi connectivity index (χ0n) is 25.0. The van der Waals surface area contributed by atoms with E-state index in [1.807, 2.05) is 0 Å². The van der Waals surface area contributed by atoms with Crippen molar-refractivity contribution < 1.29 is 10.2 Å². The summed E-state index contributed by atoms with van der Waals surface area (Å²) in [5.74, 6) is 1.91. The molecule has 0 radical (unpaired) electrons. The van der Waals surface area contributed by atoms with Gasteiger partial charge in [-0.1, -0.05) is 132 Å². The van der Waals surface area contributed by atoms with Gasteiger partial charge < -0.3 is 10.2 Å². The van der Waals surface area contributed by atoms with Gasteiger partial charge in [-0.2, -0.15) is 0 Å². The zero-order valence-corrected chi connectivity index (χ0v) is 25.0. The highest BCUT2D eigenvalue weighted by atomic mass is 16.3. The molecule has 202 valence electrons. The predicted octanol–water partition coefficient (Wildman–Crippen LogP) is 10.6. The Hall–Kier alpha value is -1.96. The molecule has 2 N–H and O–H groups in total. The monoisotopic (exact) mass is 494 g/mol. The lowest BCUT2D eigenvalue weighted by molar-refractivity contribution is 0.442. The van der Waals surface area contributed by atoms with E-state index in [1.54, 1.807) is 0 Å². The van der Waals surface area contributed by atoms with Crippen LogP contribution < -0.4 is 0 Å². The number of aromatic hydroxyl groups is 2. The minimum atomic E-state index is -0.202. The van der Waals surface area contributed by atoms with Crippen LogP contribution in [0.25, 0.3) is 0 Å². The van der Waals surface area contributed by atoms with Gasteiger partial charge in [-0.15, -0.1) is 0 Å². The maximum Gasteiger partial charge on any atom is 0.122 e. The highest BCUT2D eigenvalue weighted by Gasteiger charge is 2.33. The molecule has 2 rings (SSSR count). The van der Waals surface area contributed by atoms with Crippen LogP contribution in [0.4, 0.5) is 0 Å². The molecule has 0 spiro atoms. The van der Waals surface area contributed by atoms with E-state index in [0.29, 0.717) is 11.5 Å². The first-order valence-electron chi connectivity index (χ1n) is 14.6. The first-order chi connectivity index (χ1) is 16.8. The molecule has 0 amide bonds. The van der Waals surface area contributed by atoms with Gasteiger partial charge in [-0.25, -0.2) is 0 Å². The molecule has 2 aromatic rings. The molecule has 0 fully saturated rings. The van der Waals surface area contributed by atoms with Gasteiger partial charge in [-0.3, -0.25) is 0 Å². The van der Waals surface area contributed by atoms with Gasteiger partial charge in [0.05, 0.1) is 0 Å². The van der Waals surface area contributed by atoms with Crippen LogP contribution >= 0.6 is 0 Å². The normalized spacial score (nSPS) is 12.5. The molecule has 0 aliphatic heterocycles. The maximum absolute atomic E-state index is 11.1. The van der Waals surface area contributed by atoms with Gasteiger partial charge in [0.1, 0.15) is 11.5 Å². The molecule has 0 bridgehead atoms. The fraction of sp³-hybridized carbons (Fsp3) is 0.647. The molecule has 0 saturated heterocycles. The lowest BCUT2D eigenvalue weighted by atomic mass is 9.69. The van der Waals surface area contributed by atoms with Gasteiger partial charge in [0, 0.05) is 5.41 Å². The van der Waals surface area contributed by atoms with Crippen LogP contribution in [0.2, 0.25) is 0 Å². The van der Waals surface area contributed by atoms with Crippen molar-refractivity contribution in [3.63, 3.8) is 0 Å². The first kappa shape index (κ1) is 30.3. The van der Waals surface area contributed by atoms with Gasteiger partial charge in [0.2, 0.25) is 0 Å². The molecule has 0 saturated carbocycles. The van der Waals surface area contributed by atoms with Crippen molar-refractivity contribution in [1.82, 2.24) is 0 Å². The number of unbranched alkanes of at least 4 members (excludes halogenated alkanes) is 5. The Kier molecular flexibility index (Phi) is 10.9. The molecule has 2 nitrogen and oxygen atoms in total. The van der Waals surface area contributed by atoms with Gasteiger partial charge in [0.25, 0.3) is 0 Å². The summed E-state index contributed by atoms with van der Waals surface area (Å²) in [5, 5.41) is 22.2. The Morgan fingerprint density at radius 3 is 1.17 bits per heavy atom. The third-order valence-corrected chi connectivity index (χ3v) is 8.13. The van der Waals surface area contributed by atoms with Crippen LogP contribution in [0.1, 0.15) is 171 Å². The highest BCUT2D eigenvalue weighted by Crippen LogP contribution is 2.46. The molecule has 0 atom stereocenters. The van der Waals surface area contributed by atoms with Crippen LogP contribution in [0, 0.1) is 0 Å². The standard InChI is InChI=1S/C34H54O2/c1-11-12-13-14-15-16-17-34(10,26-18-28(22(2)3)32(35)29(19-26)23(4)5)27-20-30(24(6)7)33(36)31(21-27)25(8)9/h18-25,35-36H,11-17H2,1-10H3. The van der Waals surface area contributed by atoms with Crippen molar-refractivity contribution in [2.45, 2.75) is 143 Å². The van der Waals surface area contributed by atoms with E-state index in [1.165, 1.54) is 49.7 Å². The second-order valence-electron chi connectivity index (χ2n) is 12.5. The summed E-state index contributed by atoms with van der Waals surface area (Å²) < 4.78 is 0. The van der Waals surface area contributed by atoms with E-state index in [2.05, 4.69) is 93.5 Å². The van der Waals surface area contributed by atoms with Crippen LogP contribution in [0.3, 0.4) is 0 Å². The molecule has 0 heterocycles. The first-order valence-corrected chi connectivity index (χ1v) is 14.6. The molecule has 0 unspecified atom stereocenters. The quantitative estimate of drug-likeness (QED) is 0.272. The van der Waals surface area contributed by atoms with E-state index in [-0.39, 0.29) is 29.1 Å². The fourth-order valence-corrected chi connectivity index (χ4v) is 5.47. The third-order valence-electron chi connectivity index (χ3n) is 8.13. The van der Waals surface area contributed by atoms with Crippen molar-refractivity contribution in [3.05, 3.63) is 57.6 Å². The lowest BCUT2D eigenvalue weighted by Gasteiger charge is -2.35. The number of hydrogen-bond acceptors (Lipinski definition) is 2. The minimum absolute atomic E-state index is 0.202. The summed E-state index contributed by atoms with van der Waals surface area (Å²) in [6, 6.07) is 9.06. The fourth-order valence-electron chi connectivity index (χ4n) is 5.47. The maximum atomic E-state index is 11.1. The average Bonchev–Trinajstić information content (AvgIpc) is 2.80. The second-order valence-corrected chi connectivity index (χ2v) is 12.5. The Morgan fingerprint density at radius 1 is 0.556 bits per heavy atom. The topological polar surface area (TPSA) is 40.5 Å². The summed E-state index contributed by atoms with van der Waals surface area (Å²) in [5.41, 5.74) is 6.53. The summed E-state index contributed by atoms with van der Waals surface area (Å²) in [6.07, 6.45) is 8.66. The van der Waals surface area contributed by atoms with Crippen molar-refractivity contribution >= 4 is 0 Å². The van der Waals surface area contributed by atoms with E-state index in [4.69, 9.17) is 0 Å². The Balaban J connectivity index is 2.74. The number of hydrogen-bond donors (Lipinski definition) is 2. The van der Waals surface area contributed by atoms with Gasteiger partial charge in [0.15, 0.2) is 0 Å². The highest BCUT2D eigenvalue weighted by molar-refractivity contribution is 5.55. The second kappa shape index (κ2) is 13.0. The van der Waals surface area contributed by atoms with E-state index < -0.39 is 0 Å². The summed E-state index contributed by atoms with van der Waals surface area (Å²) in [7, 11) is 0. The minimum Gasteiger partial charge on any atom is -0.507 e. The SMILES string of the molecule is CCCCCCCCC(C)(c1cc(C(C)C)c(O)c(C(C)C)c1)c1cc(C(C)C)c(O)c(C(C)C)c1. The molecular formula is C34H54O2. The Bertz CT molecular complexity index is 853. The lowest BCUT2D eigenvalue weighted by Crippen LogP contribution is -2.25.